The molecule has 2 aromatic heterocycles. The number of hydrogen-bond acceptors (Lipinski definition) is 6. The van der Waals surface area contributed by atoms with Crippen LogP contribution in [0.4, 0.5) is 21.9 Å². The number of carbonyl (C=O) groups is 3. The number of carbonyl (C=O) groups excluding carboxylic acids is 3. The summed E-state index contributed by atoms with van der Waals surface area (Å²) in [5.41, 5.74) is 2.11. The number of anilines is 3. The van der Waals surface area contributed by atoms with Crippen molar-refractivity contribution in [1.29, 1.82) is 0 Å². The van der Waals surface area contributed by atoms with Gasteiger partial charge in [-0.3, -0.25) is 14.5 Å². The molecular weight excluding hydrogens is 550 g/mol. The van der Waals surface area contributed by atoms with Gasteiger partial charge in [0.05, 0.1) is 34.0 Å². The molecule has 2 aliphatic rings. The largest absolute Gasteiger partial charge is 0.456 e. The fourth-order valence-corrected chi connectivity index (χ4v) is 5.91. The van der Waals surface area contributed by atoms with Crippen molar-refractivity contribution < 1.29 is 19.1 Å². The van der Waals surface area contributed by atoms with Gasteiger partial charge in [0.1, 0.15) is 21.2 Å². The van der Waals surface area contributed by atoms with Crippen LogP contribution in [0.3, 0.4) is 0 Å². The van der Waals surface area contributed by atoms with E-state index in [9.17, 15) is 14.4 Å². The van der Waals surface area contributed by atoms with Gasteiger partial charge in [0, 0.05) is 18.4 Å². The lowest BCUT2D eigenvalue weighted by Crippen LogP contribution is -2.39. The van der Waals surface area contributed by atoms with Gasteiger partial charge < -0.3 is 20.3 Å². The van der Waals surface area contributed by atoms with Crippen LogP contribution < -0.4 is 20.3 Å². The first kappa shape index (κ1) is 25.6. The SMILES string of the molecule is C=CC(=O)N1CCC=C(NC(=O)c2sc3nccc4c3c2NC(=O)N4c2ccc(Oc3ccccc3)c(Cl)c2)C1. The number of benzene rings is 2. The van der Waals surface area contributed by atoms with E-state index in [-0.39, 0.29) is 18.4 Å². The Hall–Kier alpha value is -4.67. The van der Waals surface area contributed by atoms with Gasteiger partial charge in [-0.1, -0.05) is 42.5 Å². The number of halogens is 1. The molecule has 11 heteroatoms. The summed E-state index contributed by atoms with van der Waals surface area (Å²) in [4.78, 5) is 47.3. The molecule has 9 nitrogen and oxygen atoms in total. The molecule has 2 aromatic carbocycles. The molecule has 40 heavy (non-hydrogen) atoms. The van der Waals surface area contributed by atoms with Gasteiger partial charge in [-0.25, -0.2) is 9.78 Å². The number of urea groups is 1. The number of aromatic nitrogens is 1. The van der Waals surface area contributed by atoms with Crippen LogP contribution in [-0.2, 0) is 4.79 Å². The third kappa shape index (κ3) is 4.67. The Balaban J connectivity index is 1.30. The van der Waals surface area contributed by atoms with E-state index in [1.165, 1.54) is 22.3 Å². The Bertz CT molecular complexity index is 1720. The number of amides is 4. The van der Waals surface area contributed by atoms with Crippen LogP contribution in [0.2, 0.25) is 5.02 Å². The molecule has 0 atom stereocenters. The zero-order chi connectivity index (χ0) is 27.8. The van der Waals surface area contributed by atoms with E-state index in [1.807, 2.05) is 36.4 Å². The summed E-state index contributed by atoms with van der Waals surface area (Å²) in [6.07, 6.45) is 5.36. The highest BCUT2D eigenvalue weighted by Crippen LogP contribution is 2.46. The zero-order valence-electron chi connectivity index (χ0n) is 21.0. The van der Waals surface area contributed by atoms with Crippen molar-refractivity contribution in [3.8, 4) is 11.5 Å². The molecule has 4 aromatic rings. The van der Waals surface area contributed by atoms with E-state index in [2.05, 4.69) is 22.2 Å². The van der Waals surface area contributed by atoms with Crippen LogP contribution in [0.5, 0.6) is 11.5 Å². The fourth-order valence-electron chi connectivity index (χ4n) is 4.68. The summed E-state index contributed by atoms with van der Waals surface area (Å²) in [5, 5.41) is 6.76. The third-order valence-corrected chi connectivity index (χ3v) is 7.90. The van der Waals surface area contributed by atoms with Gasteiger partial charge in [0.2, 0.25) is 5.91 Å². The molecular formula is C29H22ClN5O4S. The molecule has 2 aliphatic heterocycles. The van der Waals surface area contributed by atoms with Gasteiger partial charge >= 0.3 is 6.03 Å². The van der Waals surface area contributed by atoms with Gasteiger partial charge in [-0.15, -0.1) is 11.3 Å². The summed E-state index contributed by atoms with van der Waals surface area (Å²) in [5.74, 6) is 0.510. The second-order valence-electron chi connectivity index (χ2n) is 9.05. The Morgan fingerprint density at radius 1 is 1.18 bits per heavy atom. The number of rotatable bonds is 6. The molecule has 6 rings (SSSR count). The summed E-state index contributed by atoms with van der Waals surface area (Å²) in [7, 11) is 0. The Labute approximate surface area is 238 Å². The number of hydrogen-bond donors (Lipinski definition) is 2. The van der Waals surface area contributed by atoms with Crippen molar-refractivity contribution in [2.24, 2.45) is 0 Å². The van der Waals surface area contributed by atoms with Crippen molar-refractivity contribution in [2.75, 3.05) is 23.3 Å². The molecule has 0 saturated heterocycles. The first-order chi connectivity index (χ1) is 19.4. The van der Waals surface area contributed by atoms with E-state index < -0.39 is 6.03 Å². The van der Waals surface area contributed by atoms with Crippen LogP contribution in [0.25, 0.3) is 10.2 Å². The van der Waals surface area contributed by atoms with Gasteiger partial charge in [0.15, 0.2) is 0 Å². The van der Waals surface area contributed by atoms with Crippen LogP contribution >= 0.6 is 22.9 Å². The Kier molecular flexibility index (Phi) is 6.71. The molecule has 0 bridgehead atoms. The lowest BCUT2D eigenvalue weighted by Gasteiger charge is -2.29. The van der Waals surface area contributed by atoms with Gasteiger partial charge in [-0.05, 0) is 48.9 Å². The number of nitrogens with zero attached hydrogens (tertiary/aromatic N) is 3. The zero-order valence-corrected chi connectivity index (χ0v) is 22.6. The van der Waals surface area contributed by atoms with E-state index in [4.69, 9.17) is 16.3 Å². The third-order valence-electron chi connectivity index (χ3n) is 6.51. The van der Waals surface area contributed by atoms with Crippen molar-refractivity contribution in [3.63, 3.8) is 0 Å². The highest BCUT2D eigenvalue weighted by atomic mass is 35.5. The molecule has 200 valence electrons. The highest BCUT2D eigenvalue weighted by Gasteiger charge is 2.33. The first-order valence-electron chi connectivity index (χ1n) is 12.4. The van der Waals surface area contributed by atoms with Crippen LogP contribution in [-0.4, -0.2) is 40.8 Å². The molecule has 4 heterocycles. The normalized spacial score (nSPS) is 14.4. The van der Waals surface area contributed by atoms with Crippen molar-refractivity contribution in [1.82, 2.24) is 15.2 Å². The van der Waals surface area contributed by atoms with Gasteiger partial charge in [-0.2, -0.15) is 0 Å². The average Bonchev–Trinajstić information content (AvgIpc) is 3.34. The maximum Gasteiger partial charge on any atom is 0.331 e. The quantitative estimate of drug-likeness (QED) is 0.259. The minimum absolute atomic E-state index is 0.197. The first-order valence-corrected chi connectivity index (χ1v) is 13.6. The average molecular weight is 572 g/mol. The van der Waals surface area contributed by atoms with Crippen molar-refractivity contribution in [2.45, 2.75) is 6.42 Å². The molecule has 0 aliphatic carbocycles. The number of para-hydroxylation sites is 1. The molecule has 2 N–H and O–H groups in total. The molecule has 4 amide bonds. The monoisotopic (exact) mass is 571 g/mol. The summed E-state index contributed by atoms with van der Waals surface area (Å²) in [6.45, 7) is 4.36. The lowest BCUT2D eigenvalue weighted by molar-refractivity contribution is -0.125. The van der Waals surface area contributed by atoms with E-state index in [1.54, 1.807) is 35.4 Å². The second kappa shape index (κ2) is 10.5. The topological polar surface area (TPSA) is 104 Å². The fraction of sp³-hybridized carbons (Fsp3) is 0.103. The number of thiophene rings is 1. The van der Waals surface area contributed by atoms with Crippen LogP contribution in [0.1, 0.15) is 16.1 Å². The van der Waals surface area contributed by atoms with E-state index in [0.717, 1.165) is 0 Å². The lowest BCUT2D eigenvalue weighted by atomic mass is 10.1. The minimum Gasteiger partial charge on any atom is -0.456 e. The Morgan fingerprint density at radius 2 is 2.00 bits per heavy atom. The van der Waals surface area contributed by atoms with E-state index in [0.29, 0.717) is 67.3 Å². The summed E-state index contributed by atoms with van der Waals surface area (Å²) >= 11 is 7.73. The maximum absolute atomic E-state index is 13.4. The molecule has 0 unspecified atom stereocenters. The van der Waals surface area contributed by atoms with Crippen molar-refractivity contribution >= 4 is 68.1 Å². The van der Waals surface area contributed by atoms with Gasteiger partial charge in [0.25, 0.3) is 5.91 Å². The highest BCUT2D eigenvalue weighted by molar-refractivity contribution is 7.21. The van der Waals surface area contributed by atoms with Crippen LogP contribution in [0, 0.1) is 0 Å². The minimum atomic E-state index is -0.445. The smallest absolute Gasteiger partial charge is 0.331 e. The molecule has 0 radical (unpaired) electrons. The second-order valence-corrected chi connectivity index (χ2v) is 10.5. The predicted molar refractivity (Wildman–Crippen MR) is 156 cm³/mol. The Morgan fingerprint density at radius 3 is 2.77 bits per heavy atom. The standard InChI is InChI=1S/C29H22ClN5O4S/c1-2-23(36)34-14-6-7-17(16-34)32-27(37)26-25-24-21(12-13-31-28(24)40-26)35(29(38)33-25)18-10-11-22(20(30)15-18)39-19-8-4-3-5-9-19/h2-5,7-13,15H,1,6,14,16H2,(H,32,37)(H,33,38). The molecule has 0 fully saturated rings. The predicted octanol–water partition coefficient (Wildman–Crippen LogP) is 6.46. The summed E-state index contributed by atoms with van der Waals surface area (Å²) in [6, 6.07) is 15.6. The molecule has 0 spiro atoms. The van der Waals surface area contributed by atoms with E-state index >= 15 is 0 Å². The van der Waals surface area contributed by atoms with Crippen molar-refractivity contribution in [3.05, 3.63) is 95.1 Å². The maximum atomic E-state index is 13.4. The number of ether oxygens (including phenoxy) is 1. The molecule has 0 saturated carbocycles. The summed E-state index contributed by atoms with van der Waals surface area (Å²) < 4.78 is 5.88. The number of nitrogens with one attached hydrogen (secondary N) is 2. The van der Waals surface area contributed by atoms with Crippen LogP contribution in [0.15, 0.2) is 85.2 Å². The number of pyridine rings is 1.